The van der Waals surface area contributed by atoms with Gasteiger partial charge in [-0.25, -0.2) is 4.98 Å². The van der Waals surface area contributed by atoms with Crippen LogP contribution in [0.4, 0.5) is 11.6 Å². The van der Waals surface area contributed by atoms with Crippen LogP contribution < -0.4 is 10.2 Å². The van der Waals surface area contributed by atoms with Gasteiger partial charge in [0, 0.05) is 32.4 Å². The molecule has 0 unspecified atom stereocenters. The predicted molar refractivity (Wildman–Crippen MR) is 106 cm³/mol. The largest absolute Gasteiger partial charge is 0.372 e. The van der Waals surface area contributed by atoms with E-state index in [1.807, 2.05) is 31.4 Å². The zero-order valence-electron chi connectivity index (χ0n) is 15.2. The van der Waals surface area contributed by atoms with Gasteiger partial charge in [0.2, 0.25) is 5.95 Å². The topological polar surface area (TPSA) is 33.1 Å². The van der Waals surface area contributed by atoms with Crippen molar-refractivity contribution < 1.29 is 0 Å². The van der Waals surface area contributed by atoms with Crippen molar-refractivity contribution in [1.82, 2.24) is 9.55 Å². The van der Waals surface area contributed by atoms with Crippen LogP contribution in [0.25, 0.3) is 11.3 Å². The Hall–Kier alpha value is -2.75. The Balaban J connectivity index is 1.67. The standard InChI is InChI=1S/C21H26N4/c1-4-25(5-2)19-13-11-17(12-14-19)15-22-21-23-16-20(24(21)3)18-9-7-6-8-10-18/h6-14,16H,4-5,15H2,1-3H3,(H,22,23). The summed E-state index contributed by atoms with van der Waals surface area (Å²) >= 11 is 0. The van der Waals surface area contributed by atoms with Gasteiger partial charge in [-0.05, 0) is 37.1 Å². The van der Waals surface area contributed by atoms with Crippen molar-refractivity contribution in [3.05, 3.63) is 66.4 Å². The van der Waals surface area contributed by atoms with Crippen LogP contribution in [0.15, 0.2) is 60.8 Å². The molecule has 3 aromatic rings. The average molecular weight is 334 g/mol. The third kappa shape index (κ3) is 3.85. The van der Waals surface area contributed by atoms with Gasteiger partial charge in [0.15, 0.2) is 0 Å². The monoisotopic (exact) mass is 334 g/mol. The van der Waals surface area contributed by atoms with Gasteiger partial charge in [-0.3, -0.25) is 0 Å². The predicted octanol–water partition coefficient (Wildman–Crippen LogP) is 4.55. The number of rotatable bonds is 7. The Morgan fingerprint density at radius 2 is 1.64 bits per heavy atom. The summed E-state index contributed by atoms with van der Waals surface area (Å²) in [6.07, 6.45) is 1.92. The van der Waals surface area contributed by atoms with Crippen molar-refractivity contribution in [3.63, 3.8) is 0 Å². The minimum Gasteiger partial charge on any atom is -0.372 e. The van der Waals surface area contributed by atoms with Crippen LogP contribution in [0.2, 0.25) is 0 Å². The lowest BCUT2D eigenvalue weighted by atomic mass is 10.2. The van der Waals surface area contributed by atoms with Crippen molar-refractivity contribution in [1.29, 1.82) is 0 Å². The molecule has 0 fully saturated rings. The van der Waals surface area contributed by atoms with E-state index in [1.165, 1.54) is 16.8 Å². The van der Waals surface area contributed by atoms with E-state index >= 15 is 0 Å². The number of hydrogen-bond acceptors (Lipinski definition) is 3. The minimum absolute atomic E-state index is 0.762. The summed E-state index contributed by atoms with van der Waals surface area (Å²) in [5.74, 6) is 0.881. The summed E-state index contributed by atoms with van der Waals surface area (Å²) in [7, 11) is 2.04. The summed E-state index contributed by atoms with van der Waals surface area (Å²) in [5, 5.41) is 3.43. The number of imidazole rings is 1. The van der Waals surface area contributed by atoms with Crippen LogP contribution in [-0.4, -0.2) is 22.6 Å². The molecule has 4 heteroatoms. The van der Waals surface area contributed by atoms with Crippen LogP contribution in [-0.2, 0) is 13.6 Å². The first-order valence-electron chi connectivity index (χ1n) is 8.87. The Morgan fingerprint density at radius 3 is 2.28 bits per heavy atom. The fraction of sp³-hybridized carbons (Fsp3) is 0.286. The van der Waals surface area contributed by atoms with Gasteiger partial charge in [0.25, 0.3) is 0 Å². The summed E-state index contributed by atoms with van der Waals surface area (Å²) in [6, 6.07) is 19.1. The van der Waals surface area contributed by atoms with Crippen molar-refractivity contribution in [2.75, 3.05) is 23.3 Å². The van der Waals surface area contributed by atoms with Crippen molar-refractivity contribution >= 4 is 11.6 Å². The zero-order valence-corrected chi connectivity index (χ0v) is 15.2. The lowest BCUT2D eigenvalue weighted by Crippen LogP contribution is -2.21. The molecule has 0 bridgehead atoms. The van der Waals surface area contributed by atoms with Gasteiger partial charge in [-0.1, -0.05) is 42.5 Å². The van der Waals surface area contributed by atoms with Crippen LogP contribution in [0, 0.1) is 0 Å². The molecule has 2 aromatic carbocycles. The molecule has 1 heterocycles. The molecule has 0 amide bonds. The Kier molecular flexibility index (Phi) is 5.39. The van der Waals surface area contributed by atoms with Crippen molar-refractivity contribution in [2.45, 2.75) is 20.4 Å². The van der Waals surface area contributed by atoms with Gasteiger partial charge in [0.1, 0.15) is 0 Å². The van der Waals surface area contributed by atoms with Gasteiger partial charge in [0.05, 0.1) is 11.9 Å². The van der Waals surface area contributed by atoms with E-state index < -0.39 is 0 Å². The van der Waals surface area contributed by atoms with Crippen molar-refractivity contribution in [2.24, 2.45) is 7.05 Å². The molecule has 0 spiro atoms. The number of nitrogens with one attached hydrogen (secondary N) is 1. The van der Waals surface area contributed by atoms with Gasteiger partial charge < -0.3 is 14.8 Å². The number of nitrogens with zero attached hydrogens (tertiary/aromatic N) is 3. The van der Waals surface area contributed by atoms with Gasteiger partial charge in [-0.2, -0.15) is 0 Å². The second-order valence-electron chi connectivity index (χ2n) is 6.08. The van der Waals surface area contributed by atoms with Crippen LogP contribution in [0.3, 0.4) is 0 Å². The third-order valence-corrected chi connectivity index (χ3v) is 4.57. The number of aromatic nitrogens is 2. The SMILES string of the molecule is CCN(CC)c1ccc(CNc2ncc(-c3ccccc3)n2C)cc1. The maximum absolute atomic E-state index is 4.52. The van der Waals surface area contributed by atoms with Gasteiger partial charge in [-0.15, -0.1) is 0 Å². The molecule has 0 aliphatic heterocycles. The minimum atomic E-state index is 0.762. The Morgan fingerprint density at radius 1 is 0.960 bits per heavy atom. The number of benzene rings is 2. The highest BCUT2D eigenvalue weighted by molar-refractivity contribution is 5.61. The molecule has 25 heavy (non-hydrogen) atoms. The smallest absolute Gasteiger partial charge is 0.203 e. The first kappa shape index (κ1) is 17.1. The molecule has 0 radical (unpaired) electrons. The molecule has 3 rings (SSSR count). The Bertz CT molecular complexity index is 787. The molecule has 0 aliphatic rings. The second kappa shape index (κ2) is 7.88. The first-order valence-corrected chi connectivity index (χ1v) is 8.87. The van der Waals surface area contributed by atoms with E-state index in [9.17, 15) is 0 Å². The highest BCUT2D eigenvalue weighted by Gasteiger charge is 2.08. The lowest BCUT2D eigenvalue weighted by Gasteiger charge is -2.21. The molecule has 0 saturated carbocycles. The average Bonchev–Trinajstić information content (AvgIpc) is 3.03. The molecule has 1 N–H and O–H groups in total. The summed E-state index contributed by atoms with van der Waals surface area (Å²) in [6.45, 7) is 7.19. The maximum Gasteiger partial charge on any atom is 0.203 e. The van der Waals surface area contributed by atoms with E-state index in [1.54, 1.807) is 0 Å². The summed E-state index contributed by atoms with van der Waals surface area (Å²) in [5.41, 5.74) is 4.81. The highest BCUT2D eigenvalue weighted by atomic mass is 15.2. The van der Waals surface area contributed by atoms with E-state index in [-0.39, 0.29) is 0 Å². The zero-order chi connectivity index (χ0) is 17.6. The van der Waals surface area contributed by atoms with Gasteiger partial charge >= 0.3 is 0 Å². The van der Waals surface area contributed by atoms with Crippen LogP contribution >= 0.6 is 0 Å². The van der Waals surface area contributed by atoms with E-state index in [0.717, 1.165) is 31.3 Å². The van der Waals surface area contributed by atoms with E-state index in [0.29, 0.717) is 0 Å². The number of hydrogen-bond donors (Lipinski definition) is 1. The fourth-order valence-corrected chi connectivity index (χ4v) is 3.05. The fourth-order valence-electron chi connectivity index (χ4n) is 3.05. The lowest BCUT2D eigenvalue weighted by molar-refractivity contribution is 0.865. The first-order chi connectivity index (χ1) is 12.2. The van der Waals surface area contributed by atoms with E-state index in [4.69, 9.17) is 0 Å². The Labute approximate surface area is 150 Å². The van der Waals surface area contributed by atoms with E-state index in [2.05, 4.69) is 70.0 Å². The maximum atomic E-state index is 4.52. The summed E-state index contributed by atoms with van der Waals surface area (Å²) < 4.78 is 2.10. The number of anilines is 2. The third-order valence-electron chi connectivity index (χ3n) is 4.57. The van der Waals surface area contributed by atoms with Crippen LogP contribution in [0.5, 0.6) is 0 Å². The normalized spacial score (nSPS) is 10.7. The van der Waals surface area contributed by atoms with Crippen LogP contribution in [0.1, 0.15) is 19.4 Å². The molecule has 0 atom stereocenters. The summed E-state index contributed by atoms with van der Waals surface area (Å²) in [4.78, 5) is 6.87. The molecule has 0 saturated heterocycles. The highest BCUT2D eigenvalue weighted by Crippen LogP contribution is 2.22. The molecular formula is C21H26N4. The quantitative estimate of drug-likeness (QED) is 0.688. The second-order valence-corrected chi connectivity index (χ2v) is 6.08. The molecule has 0 aliphatic carbocycles. The molecule has 1 aromatic heterocycles. The molecule has 4 nitrogen and oxygen atoms in total. The molecule has 130 valence electrons. The molecular weight excluding hydrogens is 308 g/mol. The van der Waals surface area contributed by atoms with Crippen molar-refractivity contribution in [3.8, 4) is 11.3 Å².